The van der Waals surface area contributed by atoms with E-state index < -0.39 is 5.41 Å². The van der Waals surface area contributed by atoms with E-state index in [-0.39, 0.29) is 6.71 Å². The van der Waals surface area contributed by atoms with Gasteiger partial charge in [0.2, 0.25) is 0 Å². The molecule has 0 fully saturated rings. The normalized spacial score (nSPS) is 14.4. The molecule has 0 saturated heterocycles. The van der Waals surface area contributed by atoms with Crippen LogP contribution in [0.25, 0.3) is 88.0 Å². The number of aromatic nitrogens is 2. The van der Waals surface area contributed by atoms with Crippen molar-refractivity contribution in [3.05, 3.63) is 196 Å². The zero-order chi connectivity index (χ0) is 40.4. The predicted octanol–water partition coefficient (Wildman–Crippen LogP) is 12.1. The van der Waals surface area contributed by atoms with Crippen LogP contribution >= 0.6 is 0 Å². The van der Waals surface area contributed by atoms with Crippen molar-refractivity contribution in [3.8, 4) is 33.6 Å². The van der Waals surface area contributed by atoms with Gasteiger partial charge >= 0.3 is 0 Å². The van der Waals surface area contributed by atoms with Crippen molar-refractivity contribution in [2.24, 2.45) is 0 Å². The van der Waals surface area contributed by atoms with Crippen LogP contribution in [0.15, 0.2) is 146 Å². The third-order valence-electron chi connectivity index (χ3n) is 15.3. The Labute approximate surface area is 354 Å². The number of aryl methyl sites for hydroxylation is 5. The summed E-state index contributed by atoms with van der Waals surface area (Å²) in [4.78, 5) is 0. The molecule has 0 N–H and O–H groups in total. The Morgan fingerprint density at radius 1 is 0.377 bits per heavy atom. The summed E-state index contributed by atoms with van der Waals surface area (Å²) in [5, 5.41) is 8.01. The monoisotopic (exact) mass is 774 g/mol. The number of benzene rings is 9. The first-order valence-electron chi connectivity index (χ1n) is 21.9. The molecule has 61 heavy (non-hydrogen) atoms. The SMILES string of the molecule is Cc1ccc2c(c1)c1cc(C)cc3c1n2-c1c(-c2ccc(C)c4ccccc24)cc2c4c1B3c1cc(C)cc3c5cc(C)cc(c5n-4c13)C21c2ccccc2-c2ccccc21. The molecule has 0 saturated carbocycles. The molecule has 2 nitrogen and oxygen atoms in total. The molecule has 0 bridgehead atoms. The molecule has 1 spiro atoms. The fraction of sp³-hybridized carbons (Fsp3) is 0.103. The third-order valence-corrected chi connectivity index (χ3v) is 15.3. The van der Waals surface area contributed by atoms with E-state index in [4.69, 9.17) is 0 Å². The minimum Gasteiger partial charge on any atom is -0.310 e. The second-order valence-corrected chi connectivity index (χ2v) is 18.7. The molecule has 284 valence electrons. The zero-order valence-corrected chi connectivity index (χ0v) is 34.8. The molecule has 5 heterocycles. The minimum absolute atomic E-state index is 0.0338. The molecule has 1 aliphatic carbocycles. The van der Waals surface area contributed by atoms with Gasteiger partial charge in [0.05, 0.1) is 22.1 Å². The van der Waals surface area contributed by atoms with Gasteiger partial charge in [-0.15, -0.1) is 0 Å². The van der Waals surface area contributed by atoms with Gasteiger partial charge < -0.3 is 9.13 Å². The van der Waals surface area contributed by atoms with Crippen LogP contribution in [0.5, 0.6) is 0 Å². The largest absolute Gasteiger partial charge is 0.310 e. The van der Waals surface area contributed by atoms with E-state index in [1.807, 2.05) is 0 Å². The summed E-state index contributed by atoms with van der Waals surface area (Å²) in [5.74, 6) is 0. The lowest BCUT2D eigenvalue weighted by atomic mass is 9.33. The average molecular weight is 775 g/mol. The first-order valence-corrected chi connectivity index (χ1v) is 21.9. The molecule has 11 aromatic rings. The maximum atomic E-state index is 2.75. The Morgan fingerprint density at radius 3 is 1.69 bits per heavy atom. The second-order valence-electron chi connectivity index (χ2n) is 18.7. The van der Waals surface area contributed by atoms with Crippen molar-refractivity contribution in [2.75, 3.05) is 0 Å². The van der Waals surface area contributed by atoms with Gasteiger partial charge in [0, 0.05) is 43.8 Å². The zero-order valence-electron chi connectivity index (χ0n) is 34.8. The van der Waals surface area contributed by atoms with Crippen LogP contribution in [0.2, 0.25) is 0 Å². The summed E-state index contributed by atoms with van der Waals surface area (Å²) in [6.07, 6.45) is 0. The number of nitrogens with zero attached hydrogens (tertiary/aromatic N) is 2. The Hall–Kier alpha value is -7.10. The molecule has 0 atom stereocenters. The van der Waals surface area contributed by atoms with Gasteiger partial charge in [0.1, 0.15) is 0 Å². The van der Waals surface area contributed by atoms with E-state index in [0.717, 1.165) is 0 Å². The second kappa shape index (κ2) is 10.6. The topological polar surface area (TPSA) is 9.86 Å². The third kappa shape index (κ3) is 3.57. The lowest BCUT2D eigenvalue weighted by molar-refractivity contribution is 0.748. The van der Waals surface area contributed by atoms with Gasteiger partial charge in [-0.2, -0.15) is 0 Å². The van der Waals surface area contributed by atoms with Crippen molar-refractivity contribution in [1.29, 1.82) is 0 Å². The lowest BCUT2D eigenvalue weighted by Crippen LogP contribution is -2.60. The molecule has 0 unspecified atom stereocenters. The van der Waals surface area contributed by atoms with Gasteiger partial charge in [-0.1, -0.05) is 131 Å². The highest BCUT2D eigenvalue weighted by molar-refractivity contribution is 7.00. The summed E-state index contributed by atoms with van der Waals surface area (Å²) in [6.45, 7) is 11.5. The highest BCUT2D eigenvalue weighted by Crippen LogP contribution is 2.62. The number of hydrogen-bond acceptors (Lipinski definition) is 0. The van der Waals surface area contributed by atoms with Crippen LogP contribution < -0.4 is 16.4 Å². The van der Waals surface area contributed by atoms with E-state index in [2.05, 4.69) is 189 Å². The first-order chi connectivity index (χ1) is 29.8. The minimum atomic E-state index is -0.545. The van der Waals surface area contributed by atoms with E-state index in [1.54, 1.807) is 0 Å². The first kappa shape index (κ1) is 32.7. The molecule has 2 aromatic heterocycles. The molecule has 4 aliphatic rings. The Balaban J connectivity index is 1.28. The highest BCUT2D eigenvalue weighted by atomic mass is 15.1. The van der Waals surface area contributed by atoms with Crippen LogP contribution in [0.3, 0.4) is 0 Å². The maximum absolute atomic E-state index is 2.75. The lowest BCUT2D eigenvalue weighted by Gasteiger charge is -2.45. The van der Waals surface area contributed by atoms with Crippen molar-refractivity contribution in [3.63, 3.8) is 0 Å². The molecular weight excluding hydrogens is 735 g/mol. The van der Waals surface area contributed by atoms with E-state index >= 15 is 0 Å². The predicted molar refractivity (Wildman–Crippen MR) is 257 cm³/mol. The summed E-state index contributed by atoms with van der Waals surface area (Å²) >= 11 is 0. The molecule has 9 aromatic carbocycles. The van der Waals surface area contributed by atoms with Crippen LogP contribution in [0.1, 0.15) is 50.1 Å². The molecule has 3 heteroatoms. The van der Waals surface area contributed by atoms with Crippen molar-refractivity contribution < 1.29 is 0 Å². The van der Waals surface area contributed by atoms with Crippen LogP contribution in [0.4, 0.5) is 0 Å². The van der Waals surface area contributed by atoms with Gasteiger partial charge in [-0.3, -0.25) is 0 Å². The van der Waals surface area contributed by atoms with Crippen LogP contribution in [-0.2, 0) is 5.41 Å². The van der Waals surface area contributed by atoms with E-state index in [9.17, 15) is 0 Å². The Morgan fingerprint density at radius 2 is 0.967 bits per heavy atom. The van der Waals surface area contributed by atoms with Crippen molar-refractivity contribution >= 4 is 77.5 Å². The summed E-state index contributed by atoms with van der Waals surface area (Å²) in [6, 6.07) is 57.3. The molecule has 3 aliphatic heterocycles. The van der Waals surface area contributed by atoms with Crippen LogP contribution in [0, 0.1) is 34.6 Å². The summed E-state index contributed by atoms with van der Waals surface area (Å²) in [7, 11) is 0. The van der Waals surface area contributed by atoms with Crippen molar-refractivity contribution in [2.45, 2.75) is 40.0 Å². The molecule has 0 amide bonds. The molecule has 15 rings (SSSR count). The summed E-state index contributed by atoms with van der Waals surface area (Å²) in [5.41, 5.74) is 29.1. The Kier molecular flexibility index (Phi) is 5.69. The number of hydrogen-bond donors (Lipinski definition) is 0. The van der Waals surface area contributed by atoms with Crippen molar-refractivity contribution in [1.82, 2.24) is 9.13 Å². The van der Waals surface area contributed by atoms with Gasteiger partial charge in [0.15, 0.2) is 0 Å². The highest BCUT2D eigenvalue weighted by Gasteiger charge is 2.55. The summed E-state index contributed by atoms with van der Waals surface area (Å²) < 4.78 is 5.44. The maximum Gasteiger partial charge on any atom is 0.252 e. The number of fused-ring (bicyclic) bond motifs is 15. The fourth-order valence-electron chi connectivity index (χ4n) is 13.3. The molecular formula is C58H39BN2. The van der Waals surface area contributed by atoms with Gasteiger partial charge in [-0.25, -0.2) is 0 Å². The van der Waals surface area contributed by atoms with E-state index in [0.29, 0.717) is 0 Å². The Bertz CT molecular complexity index is 3900. The van der Waals surface area contributed by atoms with Gasteiger partial charge in [-0.05, 0) is 143 Å². The quantitative estimate of drug-likeness (QED) is 0.147. The smallest absolute Gasteiger partial charge is 0.252 e. The standard InChI is InChI=1S/C58H39BN2/c1-30-18-21-51-40(22-30)41-24-32(3)27-49-54(41)60(51)56-44(37-20-19-34(5)35-12-6-7-13-36(35)37)29-48-57-52(56)59(49)50-28-33(4)25-43-42-23-31(2)26-47(53(42)61(57)55(43)50)58(48)45-16-10-8-14-38(45)39-15-9-11-17-46(39)58/h6-29H,1-5H3. The number of rotatable bonds is 1. The fourth-order valence-corrected chi connectivity index (χ4v) is 13.3. The average Bonchev–Trinajstić information content (AvgIpc) is 3.87. The van der Waals surface area contributed by atoms with E-state index in [1.165, 1.54) is 154 Å². The van der Waals surface area contributed by atoms with Crippen LogP contribution in [-0.4, -0.2) is 15.8 Å². The molecule has 0 radical (unpaired) electrons. The van der Waals surface area contributed by atoms with Gasteiger partial charge in [0.25, 0.3) is 6.71 Å².